The monoisotopic (exact) mass is 465 g/mol. The Morgan fingerprint density at radius 2 is 1.69 bits per heavy atom. The Bertz CT molecular complexity index is 976. The van der Waals surface area contributed by atoms with Crippen molar-refractivity contribution in [1.82, 2.24) is 9.80 Å². The summed E-state index contributed by atoms with van der Waals surface area (Å²) in [5, 5.41) is 0. The summed E-state index contributed by atoms with van der Waals surface area (Å²) in [5.41, 5.74) is 1.64. The van der Waals surface area contributed by atoms with Crippen LogP contribution < -0.4 is 9.64 Å². The van der Waals surface area contributed by atoms with Gasteiger partial charge in [0.2, 0.25) is 11.8 Å². The van der Waals surface area contributed by atoms with Gasteiger partial charge in [0.15, 0.2) is 0 Å². The van der Waals surface area contributed by atoms with Crippen LogP contribution in [-0.4, -0.2) is 66.5 Å². The summed E-state index contributed by atoms with van der Waals surface area (Å²) in [6.07, 6.45) is -4.70. The van der Waals surface area contributed by atoms with Crippen LogP contribution in [0.15, 0.2) is 53.4 Å². The van der Waals surface area contributed by atoms with Gasteiger partial charge in [-0.15, -0.1) is 24.9 Å². The minimum atomic E-state index is -4.70. The quantitative estimate of drug-likeness (QED) is 0.678. The third kappa shape index (κ3) is 5.55. The second-order valence-corrected chi connectivity index (χ2v) is 8.60. The van der Waals surface area contributed by atoms with Crippen LogP contribution in [0, 0.1) is 0 Å². The number of piperazine rings is 1. The first-order chi connectivity index (χ1) is 15.3. The van der Waals surface area contributed by atoms with E-state index < -0.39 is 6.36 Å². The zero-order chi connectivity index (χ0) is 22.7. The van der Waals surface area contributed by atoms with Crippen molar-refractivity contribution in [3.8, 4) is 5.75 Å². The van der Waals surface area contributed by atoms with Crippen molar-refractivity contribution in [1.29, 1.82) is 0 Å². The smallest absolute Gasteiger partial charge is 0.406 e. The number of fused-ring (bicyclic) bond motifs is 1. The minimum Gasteiger partial charge on any atom is -0.406 e. The summed E-state index contributed by atoms with van der Waals surface area (Å²) in [4.78, 5) is 31.7. The number of thioether (sulfide) groups is 1. The van der Waals surface area contributed by atoms with Crippen molar-refractivity contribution in [3.05, 3.63) is 54.1 Å². The average molecular weight is 465 g/mol. The van der Waals surface area contributed by atoms with Gasteiger partial charge < -0.3 is 14.5 Å². The van der Waals surface area contributed by atoms with E-state index in [-0.39, 0.29) is 24.1 Å². The molecule has 2 heterocycles. The van der Waals surface area contributed by atoms with E-state index in [2.05, 4.69) is 9.64 Å². The second-order valence-electron chi connectivity index (χ2n) is 7.58. The molecular formula is C22H22F3N3O3S. The average Bonchev–Trinajstić information content (AvgIpc) is 2.76. The highest BCUT2D eigenvalue weighted by molar-refractivity contribution is 8.00. The fourth-order valence-corrected chi connectivity index (χ4v) is 4.71. The molecule has 2 aliphatic rings. The van der Waals surface area contributed by atoms with Gasteiger partial charge in [0.05, 0.1) is 11.4 Å². The van der Waals surface area contributed by atoms with Gasteiger partial charge >= 0.3 is 6.36 Å². The Kier molecular flexibility index (Phi) is 6.61. The maximum absolute atomic E-state index is 12.8. The lowest BCUT2D eigenvalue weighted by atomic mass is 10.2. The number of carbonyl (C=O) groups excluding carboxylic acids is 2. The van der Waals surface area contributed by atoms with Gasteiger partial charge in [-0.3, -0.25) is 14.5 Å². The van der Waals surface area contributed by atoms with E-state index in [4.69, 9.17) is 0 Å². The molecule has 0 aliphatic carbocycles. The van der Waals surface area contributed by atoms with Gasteiger partial charge in [-0.1, -0.05) is 24.3 Å². The van der Waals surface area contributed by atoms with Crippen molar-refractivity contribution in [2.75, 3.05) is 43.4 Å². The Morgan fingerprint density at radius 1 is 1.00 bits per heavy atom. The summed E-state index contributed by atoms with van der Waals surface area (Å²) in [7, 11) is 0. The van der Waals surface area contributed by atoms with Gasteiger partial charge in [0, 0.05) is 37.6 Å². The SMILES string of the molecule is O=C(CN1C(=O)CSc2ccccc21)N1CCN(Cc2ccc(OC(F)(F)F)cc2)CC1. The number of nitrogens with zero attached hydrogens (tertiary/aromatic N) is 3. The largest absolute Gasteiger partial charge is 0.573 e. The van der Waals surface area contributed by atoms with E-state index in [1.807, 2.05) is 24.3 Å². The summed E-state index contributed by atoms with van der Waals surface area (Å²) in [5.74, 6) is -0.0823. The highest BCUT2D eigenvalue weighted by atomic mass is 32.2. The maximum Gasteiger partial charge on any atom is 0.573 e. The van der Waals surface area contributed by atoms with Crippen LogP contribution in [0.5, 0.6) is 5.75 Å². The normalized spacial score (nSPS) is 17.3. The number of alkyl halides is 3. The van der Waals surface area contributed by atoms with Gasteiger partial charge in [-0.05, 0) is 29.8 Å². The Hall–Kier alpha value is -2.72. The number of para-hydroxylation sites is 1. The van der Waals surface area contributed by atoms with E-state index in [0.717, 1.165) is 16.1 Å². The number of carbonyl (C=O) groups is 2. The molecule has 0 N–H and O–H groups in total. The Labute approximate surface area is 187 Å². The van der Waals surface area contributed by atoms with E-state index >= 15 is 0 Å². The predicted molar refractivity (Wildman–Crippen MR) is 115 cm³/mol. The molecule has 0 unspecified atom stereocenters. The molecule has 170 valence electrons. The fraction of sp³-hybridized carbons (Fsp3) is 0.364. The lowest BCUT2D eigenvalue weighted by molar-refractivity contribution is -0.274. The first kappa shape index (κ1) is 22.5. The van der Waals surface area contributed by atoms with Crippen molar-refractivity contribution in [2.45, 2.75) is 17.8 Å². The first-order valence-electron chi connectivity index (χ1n) is 10.2. The number of anilines is 1. The molecule has 2 amide bonds. The molecule has 4 rings (SSSR count). The van der Waals surface area contributed by atoms with Crippen LogP contribution in [0.1, 0.15) is 5.56 Å². The highest BCUT2D eigenvalue weighted by Gasteiger charge is 2.31. The predicted octanol–water partition coefficient (Wildman–Crippen LogP) is 3.37. The molecule has 1 saturated heterocycles. The van der Waals surface area contributed by atoms with E-state index in [1.54, 1.807) is 21.9 Å². The van der Waals surface area contributed by atoms with Crippen molar-refractivity contribution >= 4 is 29.3 Å². The fourth-order valence-electron chi connectivity index (χ4n) is 3.77. The van der Waals surface area contributed by atoms with Gasteiger partial charge in [0.25, 0.3) is 0 Å². The number of hydrogen-bond acceptors (Lipinski definition) is 5. The lowest BCUT2D eigenvalue weighted by Crippen LogP contribution is -2.52. The van der Waals surface area contributed by atoms with Gasteiger partial charge in [-0.25, -0.2) is 0 Å². The summed E-state index contributed by atoms with van der Waals surface area (Å²) < 4.78 is 40.7. The van der Waals surface area contributed by atoms with Crippen LogP contribution in [0.3, 0.4) is 0 Å². The maximum atomic E-state index is 12.8. The third-order valence-corrected chi connectivity index (χ3v) is 6.44. The number of amides is 2. The molecule has 0 saturated carbocycles. The van der Waals surface area contributed by atoms with Crippen LogP contribution >= 0.6 is 11.8 Å². The number of rotatable bonds is 5. The topological polar surface area (TPSA) is 53.1 Å². The molecule has 0 bridgehead atoms. The van der Waals surface area contributed by atoms with Crippen LogP contribution in [0.2, 0.25) is 0 Å². The van der Waals surface area contributed by atoms with Crippen molar-refractivity contribution < 1.29 is 27.5 Å². The number of ether oxygens (including phenoxy) is 1. The molecule has 6 nitrogen and oxygen atoms in total. The molecule has 0 aromatic heterocycles. The lowest BCUT2D eigenvalue weighted by Gasteiger charge is -2.36. The standard InChI is InChI=1S/C22H22F3N3O3S/c23-22(24,25)31-17-7-5-16(6-8-17)13-26-9-11-27(12-10-26)20(29)14-28-18-3-1-2-4-19(18)32-15-21(28)30/h1-8H,9-15H2. The number of hydrogen-bond donors (Lipinski definition) is 0. The molecule has 2 aromatic rings. The summed E-state index contributed by atoms with van der Waals surface area (Å²) >= 11 is 1.48. The van der Waals surface area contributed by atoms with Gasteiger partial charge in [0.1, 0.15) is 12.3 Å². The molecule has 32 heavy (non-hydrogen) atoms. The van der Waals surface area contributed by atoms with Gasteiger partial charge in [-0.2, -0.15) is 0 Å². The Balaban J connectivity index is 1.28. The summed E-state index contributed by atoms with van der Waals surface area (Å²) in [6.45, 7) is 2.96. The highest BCUT2D eigenvalue weighted by Crippen LogP contribution is 2.34. The molecule has 0 radical (unpaired) electrons. The second kappa shape index (κ2) is 9.41. The van der Waals surface area contributed by atoms with Crippen LogP contribution in [0.25, 0.3) is 0 Å². The molecule has 2 aliphatic heterocycles. The van der Waals surface area contributed by atoms with Crippen molar-refractivity contribution in [2.24, 2.45) is 0 Å². The third-order valence-electron chi connectivity index (χ3n) is 5.39. The van der Waals surface area contributed by atoms with E-state index in [0.29, 0.717) is 38.5 Å². The van der Waals surface area contributed by atoms with E-state index in [1.165, 1.54) is 23.9 Å². The van der Waals surface area contributed by atoms with Crippen LogP contribution in [0.4, 0.5) is 18.9 Å². The Morgan fingerprint density at radius 3 is 2.38 bits per heavy atom. The van der Waals surface area contributed by atoms with E-state index in [9.17, 15) is 22.8 Å². The molecule has 10 heteroatoms. The zero-order valence-electron chi connectivity index (χ0n) is 17.2. The molecular weight excluding hydrogens is 443 g/mol. The molecule has 0 atom stereocenters. The number of halogens is 3. The first-order valence-corrected chi connectivity index (χ1v) is 11.1. The molecule has 1 fully saturated rings. The zero-order valence-corrected chi connectivity index (χ0v) is 18.0. The number of benzene rings is 2. The minimum absolute atomic E-state index is 0.0249. The molecule has 0 spiro atoms. The molecule has 2 aromatic carbocycles. The van der Waals surface area contributed by atoms with Crippen molar-refractivity contribution in [3.63, 3.8) is 0 Å². The summed E-state index contributed by atoms with van der Waals surface area (Å²) in [6, 6.07) is 13.4. The van der Waals surface area contributed by atoms with Crippen LogP contribution in [-0.2, 0) is 16.1 Å².